The highest BCUT2D eigenvalue weighted by atomic mass is 16.5. The van der Waals surface area contributed by atoms with Crippen molar-refractivity contribution < 1.29 is 9.53 Å². The summed E-state index contributed by atoms with van der Waals surface area (Å²) >= 11 is 0. The molecule has 0 saturated carbocycles. The molecule has 3 rings (SSSR count). The number of carbonyl (C=O) groups excluding carboxylic acids is 1. The molecule has 5 heteroatoms. The third-order valence-corrected chi connectivity index (χ3v) is 3.22. The fourth-order valence-corrected chi connectivity index (χ4v) is 2.26. The molecule has 2 aromatic carbocycles. The summed E-state index contributed by atoms with van der Waals surface area (Å²) in [6.07, 6.45) is 0. The van der Waals surface area contributed by atoms with Crippen LogP contribution in [0.15, 0.2) is 42.5 Å². The van der Waals surface area contributed by atoms with Gasteiger partial charge in [-0.3, -0.25) is 9.89 Å². The smallest absolute Gasteiger partial charge is 0.266 e. The molecule has 0 aliphatic heterocycles. The minimum Gasteiger partial charge on any atom is -0.496 e. The third-order valence-electron chi connectivity index (χ3n) is 3.22. The normalized spacial score (nSPS) is 10.7. The zero-order chi connectivity index (χ0) is 14.1. The number of nitrogens with one attached hydrogen (secondary N) is 1. The van der Waals surface area contributed by atoms with E-state index >= 15 is 0 Å². The topological polar surface area (TPSA) is 81.0 Å². The summed E-state index contributed by atoms with van der Waals surface area (Å²) in [6, 6.07) is 13.3. The lowest BCUT2D eigenvalue weighted by molar-refractivity contribution is 0.0995. The van der Waals surface area contributed by atoms with Crippen molar-refractivity contribution in [2.75, 3.05) is 7.11 Å². The van der Waals surface area contributed by atoms with Crippen molar-refractivity contribution in [1.82, 2.24) is 10.2 Å². The van der Waals surface area contributed by atoms with Crippen molar-refractivity contribution in [3.8, 4) is 17.0 Å². The highest BCUT2D eigenvalue weighted by Gasteiger charge is 2.12. The molecule has 3 N–H and O–H groups in total. The van der Waals surface area contributed by atoms with Gasteiger partial charge in [0.25, 0.3) is 5.91 Å². The van der Waals surface area contributed by atoms with Crippen LogP contribution in [0.4, 0.5) is 0 Å². The summed E-state index contributed by atoms with van der Waals surface area (Å²) in [6.45, 7) is 0. The van der Waals surface area contributed by atoms with Crippen LogP contribution in [0.2, 0.25) is 0 Å². The van der Waals surface area contributed by atoms with Gasteiger partial charge in [-0.15, -0.1) is 0 Å². The average Bonchev–Trinajstić information content (AvgIpc) is 2.96. The van der Waals surface area contributed by atoms with Crippen molar-refractivity contribution in [2.45, 2.75) is 0 Å². The van der Waals surface area contributed by atoms with Gasteiger partial charge in [0.1, 0.15) is 11.4 Å². The Morgan fingerprint density at radius 3 is 2.60 bits per heavy atom. The first kappa shape index (κ1) is 12.2. The quantitative estimate of drug-likeness (QED) is 0.764. The highest BCUT2D eigenvalue weighted by molar-refractivity contribution is 6.00. The van der Waals surface area contributed by atoms with Gasteiger partial charge in [0.05, 0.1) is 12.8 Å². The second kappa shape index (κ2) is 4.70. The Morgan fingerprint density at radius 2 is 1.95 bits per heavy atom. The number of aromatic amines is 1. The molecule has 100 valence electrons. The van der Waals surface area contributed by atoms with E-state index in [1.54, 1.807) is 13.2 Å². The van der Waals surface area contributed by atoms with Crippen molar-refractivity contribution >= 4 is 16.7 Å². The molecular weight excluding hydrogens is 254 g/mol. The number of aromatic nitrogens is 2. The fraction of sp³-hybridized carbons (Fsp3) is 0.0667. The predicted octanol–water partition coefficient (Wildman–Crippen LogP) is 2.34. The maximum atomic E-state index is 11.1. The molecule has 1 amide bonds. The summed E-state index contributed by atoms with van der Waals surface area (Å²) in [5.74, 6) is 0.275. The van der Waals surface area contributed by atoms with Crippen molar-refractivity contribution in [3.05, 3.63) is 48.2 Å². The fourth-order valence-electron chi connectivity index (χ4n) is 2.26. The number of rotatable bonds is 3. The second-order valence-electron chi connectivity index (χ2n) is 4.39. The van der Waals surface area contributed by atoms with E-state index in [0.717, 1.165) is 22.1 Å². The van der Waals surface area contributed by atoms with Gasteiger partial charge in [-0.05, 0) is 23.6 Å². The van der Waals surface area contributed by atoms with E-state index in [1.165, 1.54) is 0 Å². The molecule has 1 aromatic heterocycles. The molecule has 0 bridgehead atoms. The van der Waals surface area contributed by atoms with Gasteiger partial charge in [0.2, 0.25) is 0 Å². The van der Waals surface area contributed by atoms with E-state index in [-0.39, 0.29) is 0 Å². The Morgan fingerprint density at radius 1 is 1.20 bits per heavy atom. The summed E-state index contributed by atoms with van der Waals surface area (Å²) in [5, 5.41) is 8.79. The number of H-pyrrole nitrogens is 1. The number of hydrogen-bond donors (Lipinski definition) is 2. The molecule has 0 radical (unpaired) electrons. The summed E-state index contributed by atoms with van der Waals surface area (Å²) < 4.78 is 5.36. The lowest BCUT2D eigenvalue weighted by Gasteiger charge is -2.08. The van der Waals surface area contributed by atoms with Crippen LogP contribution in [0.1, 0.15) is 10.5 Å². The van der Waals surface area contributed by atoms with Crippen molar-refractivity contribution in [2.24, 2.45) is 5.73 Å². The number of nitrogens with two attached hydrogens (primary N) is 1. The Balaban J connectivity index is 2.23. The van der Waals surface area contributed by atoms with E-state index in [9.17, 15) is 4.79 Å². The molecule has 20 heavy (non-hydrogen) atoms. The predicted molar refractivity (Wildman–Crippen MR) is 76.6 cm³/mol. The van der Waals surface area contributed by atoms with Gasteiger partial charge in [0.15, 0.2) is 0 Å². The molecule has 0 fully saturated rings. The van der Waals surface area contributed by atoms with Crippen LogP contribution in [-0.4, -0.2) is 23.2 Å². The monoisotopic (exact) mass is 267 g/mol. The number of carbonyl (C=O) groups is 1. The first-order valence-electron chi connectivity index (χ1n) is 6.12. The van der Waals surface area contributed by atoms with Gasteiger partial charge in [0, 0.05) is 10.9 Å². The number of nitrogens with zero attached hydrogens (tertiary/aromatic N) is 1. The van der Waals surface area contributed by atoms with Crippen LogP contribution >= 0.6 is 0 Å². The number of hydrogen-bond acceptors (Lipinski definition) is 3. The molecule has 1 heterocycles. The Labute approximate surface area is 115 Å². The Kier molecular flexibility index (Phi) is 2.87. The van der Waals surface area contributed by atoms with E-state index in [2.05, 4.69) is 10.2 Å². The first-order chi connectivity index (χ1) is 9.70. The van der Waals surface area contributed by atoms with Crippen LogP contribution in [0.5, 0.6) is 5.75 Å². The molecule has 0 unspecified atom stereocenters. The SMILES string of the molecule is COc1ccc(-c2cc(C(N)=O)[nH]n2)c2ccccc12. The number of primary amides is 1. The number of amides is 1. The summed E-state index contributed by atoms with van der Waals surface area (Å²) in [7, 11) is 1.64. The second-order valence-corrected chi connectivity index (χ2v) is 4.39. The summed E-state index contributed by atoms with van der Waals surface area (Å²) in [4.78, 5) is 11.1. The highest BCUT2D eigenvalue weighted by Crippen LogP contribution is 2.33. The third kappa shape index (κ3) is 1.89. The van der Waals surface area contributed by atoms with E-state index < -0.39 is 5.91 Å². The maximum Gasteiger partial charge on any atom is 0.266 e. The van der Waals surface area contributed by atoms with Crippen LogP contribution in [-0.2, 0) is 0 Å². The van der Waals surface area contributed by atoms with E-state index in [4.69, 9.17) is 10.5 Å². The molecule has 0 aliphatic rings. The molecule has 5 nitrogen and oxygen atoms in total. The standard InChI is InChI=1S/C15H13N3O2/c1-20-14-7-6-10(9-4-2-3-5-11(9)14)12-8-13(15(16)19)18-17-12/h2-8H,1H3,(H2,16,19)(H,17,18). The van der Waals surface area contributed by atoms with Crippen LogP contribution < -0.4 is 10.5 Å². The molecule has 0 atom stereocenters. The van der Waals surface area contributed by atoms with Gasteiger partial charge in [-0.2, -0.15) is 5.10 Å². The number of fused-ring (bicyclic) bond motifs is 1. The number of ether oxygens (including phenoxy) is 1. The molecule has 0 saturated heterocycles. The zero-order valence-electron chi connectivity index (χ0n) is 10.9. The van der Waals surface area contributed by atoms with Gasteiger partial charge in [-0.1, -0.05) is 24.3 Å². The summed E-state index contributed by atoms with van der Waals surface area (Å²) in [5.41, 5.74) is 7.12. The minimum atomic E-state index is -0.526. The van der Waals surface area contributed by atoms with Gasteiger partial charge < -0.3 is 10.5 Å². The lowest BCUT2D eigenvalue weighted by atomic mass is 10.0. The molecule has 0 aliphatic carbocycles. The first-order valence-corrected chi connectivity index (χ1v) is 6.12. The minimum absolute atomic E-state index is 0.292. The van der Waals surface area contributed by atoms with Crippen LogP contribution in [0.25, 0.3) is 22.0 Å². The van der Waals surface area contributed by atoms with Crippen molar-refractivity contribution in [3.63, 3.8) is 0 Å². The number of benzene rings is 2. The average molecular weight is 267 g/mol. The van der Waals surface area contributed by atoms with Crippen LogP contribution in [0.3, 0.4) is 0 Å². The van der Waals surface area contributed by atoms with Crippen molar-refractivity contribution in [1.29, 1.82) is 0 Å². The number of methoxy groups -OCH3 is 1. The maximum absolute atomic E-state index is 11.1. The lowest BCUT2D eigenvalue weighted by Crippen LogP contribution is -2.10. The molecule has 3 aromatic rings. The van der Waals surface area contributed by atoms with Gasteiger partial charge >= 0.3 is 0 Å². The molecular formula is C15H13N3O2. The van der Waals surface area contributed by atoms with Gasteiger partial charge in [-0.25, -0.2) is 0 Å². The zero-order valence-corrected chi connectivity index (χ0v) is 10.9. The van der Waals surface area contributed by atoms with E-state index in [1.807, 2.05) is 36.4 Å². The van der Waals surface area contributed by atoms with E-state index in [0.29, 0.717) is 11.4 Å². The van der Waals surface area contributed by atoms with Crippen LogP contribution in [0, 0.1) is 0 Å². The Bertz CT molecular complexity index is 793. The largest absolute Gasteiger partial charge is 0.496 e. The molecule has 0 spiro atoms. The Hall–Kier alpha value is -2.82.